The first kappa shape index (κ1) is 11.0. The maximum absolute atomic E-state index is 5.43. The molecule has 0 radical (unpaired) electrons. The van der Waals surface area contributed by atoms with Crippen LogP contribution in [0.2, 0.25) is 0 Å². The first-order chi connectivity index (χ1) is 5.38. The third-order valence-corrected chi connectivity index (χ3v) is 1.65. The molecule has 68 valence electrons. The Morgan fingerprint density at radius 3 is 2.00 bits per heavy atom. The van der Waals surface area contributed by atoms with E-state index in [0.717, 1.165) is 0 Å². The lowest BCUT2D eigenvalue weighted by Crippen LogP contribution is -2.07. The number of nitrogens with two attached hydrogens (primary N) is 1. The summed E-state index contributed by atoms with van der Waals surface area (Å²) < 4.78 is 0. The molecular formula is C11H19N. The van der Waals surface area contributed by atoms with E-state index in [2.05, 4.69) is 33.4 Å². The molecule has 0 heterocycles. The van der Waals surface area contributed by atoms with E-state index in [1.807, 2.05) is 19.1 Å². The van der Waals surface area contributed by atoms with Gasteiger partial charge in [-0.25, -0.2) is 0 Å². The van der Waals surface area contributed by atoms with Crippen molar-refractivity contribution in [3.8, 4) is 0 Å². The van der Waals surface area contributed by atoms with Gasteiger partial charge in [-0.3, -0.25) is 0 Å². The normalized spacial score (nSPS) is 13.8. The van der Waals surface area contributed by atoms with E-state index >= 15 is 0 Å². The molecule has 0 aromatic rings. The van der Waals surface area contributed by atoms with Crippen LogP contribution in [-0.4, -0.2) is 0 Å². The van der Waals surface area contributed by atoms with Crippen molar-refractivity contribution in [3.05, 3.63) is 36.1 Å². The number of rotatable bonds is 2. The summed E-state index contributed by atoms with van der Waals surface area (Å²) in [6, 6.07) is 0. The van der Waals surface area contributed by atoms with Gasteiger partial charge in [0.25, 0.3) is 0 Å². The third kappa shape index (κ3) is 4.02. The van der Waals surface area contributed by atoms with E-state index in [9.17, 15) is 0 Å². The van der Waals surface area contributed by atoms with Crippen LogP contribution in [0.25, 0.3) is 0 Å². The van der Waals surface area contributed by atoms with Gasteiger partial charge in [-0.2, -0.15) is 0 Å². The second-order valence-electron chi connectivity index (χ2n) is 3.90. The fourth-order valence-electron chi connectivity index (χ4n) is 0.976. The fourth-order valence-corrected chi connectivity index (χ4v) is 0.976. The van der Waals surface area contributed by atoms with Gasteiger partial charge in [0, 0.05) is 5.70 Å². The lowest BCUT2D eigenvalue weighted by atomic mass is 9.86. The molecule has 0 amide bonds. The molecule has 12 heavy (non-hydrogen) atoms. The first-order valence-electron chi connectivity index (χ1n) is 4.17. The lowest BCUT2D eigenvalue weighted by Gasteiger charge is -2.19. The molecule has 0 fully saturated rings. The van der Waals surface area contributed by atoms with Crippen molar-refractivity contribution in [2.24, 2.45) is 11.1 Å². The summed E-state index contributed by atoms with van der Waals surface area (Å²) in [6.45, 7) is 12.2. The van der Waals surface area contributed by atoms with Crippen molar-refractivity contribution >= 4 is 0 Å². The van der Waals surface area contributed by atoms with Crippen LogP contribution in [0, 0.1) is 5.41 Å². The summed E-state index contributed by atoms with van der Waals surface area (Å²) in [5.74, 6) is 0. The van der Waals surface area contributed by atoms with Crippen LogP contribution in [-0.2, 0) is 0 Å². The SMILES string of the molecule is C=C(N)/C=C\C(=C/C)C(C)(C)C. The highest BCUT2D eigenvalue weighted by molar-refractivity contribution is 5.28. The molecule has 1 nitrogen and oxygen atoms in total. The minimum absolute atomic E-state index is 0.181. The Kier molecular flexibility index (Phi) is 3.81. The van der Waals surface area contributed by atoms with Crippen LogP contribution >= 0.6 is 0 Å². The molecule has 0 aliphatic carbocycles. The van der Waals surface area contributed by atoms with E-state index in [1.54, 1.807) is 0 Å². The number of hydrogen-bond acceptors (Lipinski definition) is 1. The molecule has 0 bridgehead atoms. The molecule has 1 heteroatoms. The molecule has 0 spiro atoms. The smallest absolute Gasteiger partial charge is 0.0241 e. The van der Waals surface area contributed by atoms with E-state index in [4.69, 9.17) is 5.73 Å². The van der Waals surface area contributed by atoms with Crippen molar-refractivity contribution in [3.63, 3.8) is 0 Å². The fraction of sp³-hybridized carbons (Fsp3) is 0.455. The average Bonchev–Trinajstić information content (AvgIpc) is 1.85. The molecule has 0 unspecified atom stereocenters. The summed E-state index contributed by atoms with van der Waals surface area (Å²) in [5, 5.41) is 0. The van der Waals surface area contributed by atoms with Crippen LogP contribution in [0.3, 0.4) is 0 Å². The Morgan fingerprint density at radius 2 is 1.75 bits per heavy atom. The molecule has 0 saturated carbocycles. The van der Waals surface area contributed by atoms with Crippen LogP contribution in [0.15, 0.2) is 36.1 Å². The molecule has 2 N–H and O–H groups in total. The highest BCUT2D eigenvalue weighted by Gasteiger charge is 2.12. The highest BCUT2D eigenvalue weighted by Crippen LogP contribution is 2.25. The monoisotopic (exact) mass is 165 g/mol. The topological polar surface area (TPSA) is 26.0 Å². The van der Waals surface area contributed by atoms with Gasteiger partial charge in [0.15, 0.2) is 0 Å². The Morgan fingerprint density at radius 1 is 1.25 bits per heavy atom. The van der Waals surface area contributed by atoms with E-state index in [0.29, 0.717) is 5.70 Å². The zero-order chi connectivity index (χ0) is 9.78. The Labute approximate surface area is 75.7 Å². The van der Waals surface area contributed by atoms with Gasteiger partial charge in [-0.15, -0.1) is 0 Å². The largest absolute Gasteiger partial charge is 0.399 e. The van der Waals surface area contributed by atoms with Crippen LogP contribution in [0.4, 0.5) is 0 Å². The minimum Gasteiger partial charge on any atom is -0.399 e. The maximum atomic E-state index is 5.43. The summed E-state index contributed by atoms with van der Waals surface area (Å²) in [6.07, 6.45) is 5.95. The van der Waals surface area contributed by atoms with Crippen molar-refractivity contribution in [1.82, 2.24) is 0 Å². The second kappa shape index (κ2) is 4.15. The Balaban J connectivity index is 4.53. The number of allylic oxidation sites excluding steroid dienone is 4. The van der Waals surface area contributed by atoms with E-state index in [1.165, 1.54) is 5.57 Å². The summed E-state index contributed by atoms with van der Waals surface area (Å²) in [7, 11) is 0. The quantitative estimate of drug-likeness (QED) is 0.625. The zero-order valence-electron chi connectivity index (χ0n) is 8.52. The summed E-state index contributed by atoms with van der Waals surface area (Å²) in [4.78, 5) is 0. The summed E-state index contributed by atoms with van der Waals surface area (Å²) in [5.41, 5.74) is 7.48. The zero-order valence-corrected chi connectivity index (χ0v) is 8.52. The molecular weight excluding hydrogens is 146 g/mol. The van der Waals surface area contributed by atoms with Crippen molar-refractivity contribution in [1.29, 1.82) is 0 Å². The standard InChI is InChI=1S/C11H19N/c1-6-10(11(3,4)5)8-7-9(2)12/h6-8H,2,12H2,1,3-5H3/b8-7-,10-6+. The first-order valence-corrected chi connectivity index (χ1v) is 4.17. The molecule has 0 saturated heterocycles. The average molecular weight is 165 g/mol. The van der Waals surface area contributed by atoms with Gasteiger partial charge < -0.3 is 5.73 Å². The third-order valence-electron chi connectivity index (χ3n) is 1.65. The van der Waals surface area contributed by atoms with Crippen molar-refractivity contribution < 1.29 is 0 Å². The Hall–Kier alpha value is -0.980. The van der Waals surface area contributed by atoms with Crippen LogP contribution in [0.1, 0.15) is 27.7 Å². The molecule has 0 aromatic heterocycles. The van der Waals surface area contributed by atoms with E-state index in [-0.39, 0.29) is 5.41 Å². The van der Waals surface area contributed by atoms with Gasteiger partial charge in [-0.1, -0.05) is 39.5 Å². The molecule has 0 aliphatic heterocycles. The van der Waals surface area contributed by atoms with Gasteiger partial charge in [0.2, 0.25) is 0 Å². The highest BCUT2D eigenvalue weighted by atomic mass is 14.5. The second-order valence-corrected chi connectivity index (χ2v) is 3.90. The van der Waals surface area contributed by atoms with E-state index < -0.39 is 0 Å². The Bertz CT molecular complexity index is 214. The molecule has 0 aliphatic rings. The summed E-state index contributed by atoms with van der Waals surface area (Å²) >= 11 is 0. The predicted octanol–water partition coefficient (Wildman–Crippen LogP) is 3.01. The minimum atomic E-state index is 0.181. The van der Waals surface area contributed by atoms with Crippen LogP contribution < -0.4 is 5.73 Å². The number of hydrogen-bond donors (Lipinski definition) is 1. The van der Waals surface area contributed by atoms with Crippen LogP contribution in [0.5, 0.6) is 0 Å². The van der Waals surface area contributed by atoms with Crippen molar-refractivity contribution in [2.75, 3.05) is 0 Å². The van der Waals surface area contributed by atoms with Gasteiger partial charge in [-0.05, 0) is 24.0 Å². The maximum Gasteiger partial charge on any atom is 0.0241 e. The van der Waals surface area contributed by atoms with Gasteiger partial charge >= 0.3 is 0 Å². The lowest BCUT2D eigenvalue weighted by molar-refractivity contribution is 0.516. The van der Waals surface area contributed by atoms with Crippen molar-refractivity contribution in [2.45, 2.75) is 27.7 Å². The molecule has 0 aromatic carbocycles. The molecule has 0 atom stereocenters. The predicted molar refractivity (Wildman–Crippen MR) is 55.7 cm³/mol. The molecule has 0 rings (SSSR count). The van der Waals surface area contributed by atoms with Gasteiger partial charge in [0.05, 0.1) is 0 Å². The van der Waals surface area contributed by atoms with Gasteiger partial charge in [0.1, 0.15) is 0 Å².